The monoisotopic (exact) mass is 307 g/mol. The number of benzene rings is 1. The lowest BCUT2D eigenvalue weighted by atomic mass is 10.1. The first-order valence-corrected chi connectivity index (χ1v) is 7.88. The summed E-state index contributed by atoms with van der Waals surface area (Å²) >= 11 is 0. The molecule has 0 saturated heterocycles. The van der Waals surface area contributed by atoms with Crippen LogP contribution in [0.1, 0.15) is 39.1 Å². The van der Waals surface area contributed by atoms with Gasteiger partial charge in [0, 0.05) is 30.7 Å². The minimum atomic E-state index is -0.156. The lowest BCUT2D eigenvalue weighted by molar-refractivity contribution is 0.0950. The molecular formula is C18H17N3O2. The van der Waals surface area contributed by atoms with Crippen LogP contribution in [0.5, 0.6) is 0 Å². The van der Waals surface area contributed by atoms with Crippen molar-refractivity contribution >= 4 is 17.5 Å². The molecule has 1 aliphatic heterocycles. The molecule has 5 heteroatoms. The fourth-order valence-corrected chi connectivity index (χ4v) is 2.88. The highest BCUT2D eigenvalue weighted by atomic mass is 16.2. The van der Waals surface area contributed by atoms with Crippen LogP contribution in [-0.4, -0.2) is 29.4 Å². The summed E-state index contributed by atoms with van der Waals surface area (Å²) < 4.78 is 0. The Labute approximate surface area is 134 Å². The lowest BCUT2D eigenvalue weighted by Crippen LogP contribution is -2.30. The van der Waals surface area contributed by atoms with Gasteiger partial charge in [0.05, 0.1) is 11.1 Å². The van der Waals surface area contributed by atoms with Gasteiger partial charge < -0.3 is 10.2 Å². The van der Waals surface area contributed by atoms with Crippen molar-refractivity contribution in [3.63, 3.8) is 0 Å². The van der Waals surface area contributed by atoms with Crippen LogP contribution in [0.15, 0.2) is 42.7 Å². The Bertz CT molecular complexity index is 783. The quantitative estimate of drug-likeness (QED) is 0.945. The fourth-order valence-electron chi connectivity index (χ4n) is 2.88. The smallest absolute Gasteiger partial charge is 0.259 e. The van der Waals surface area contributed by atoms with Gasteiger partial charge >= 0.3 is 0 Å². The summed E-state index contributed by atoms with van der Waals surface area (Å²) in [6.45, 7) is 0.663. The molecular weight excluding hydrogens is 290 g/mol. The molecule has 0 unspecified atom stereocenters. The molecule has 1 aromatic heterocycles. The molecule has 1 N–H and O–H groups in total. The highest BCUT2D eigenvalue weighted by molar-refractivity contribution is 6.08. The maximum absolute atomic E-state index is 12.8. The van der Waals surface area contributed by atoms with Gasteiger partial charge in [-0.2, -0.15) is 0 Å². The third kappa shape index (κ3) is 2.70. The van der Waals surface area contributed by atoms with Crippen LogP contribution in [0.3, 0.4) is 0 Å². The Morgan fingerprint density at radius 2 is 1.91 bits per heavy atom. The van der Waals surface area contributed by atoms with Crippen molar-refractivity contribution in [1.82, 2.24) is 10.3 Å². The van der Waals surface area contributed by atoms with Crippen LogP contribution in [0.4, 0.5) is 5.69 Å². The number of nitrogens with zero attached hydrogens (tertiary/aromatic N) is 2. The van der Waals surface area contributed by atoms with E-state index in [2.05, 4.69) is 10.3 Å². The number of rotatable bonds is 3. The summed E-state index contributed by atoms with van der Waals surface area (Å²) in [7, 11) is 0. The van der Waals surface area contributed by atoms with Gasteiger partial charge in [-0.25, -0.2) is 0 Å². The van der Waals surface area contributed by atoms with E-state index in [0.29, 0.717) is 17.7 Å². The van der Waals surface area contributed by atoms with Gasteiger partial charge in [0.15, 0.2) is 0 Å². The number of pyridine rings is 1. The molecule has 1 saturated carbocycles. The summed E-state index contributed by atoms with van der Waals surface area (Å²) in [5, 5.41) is 2.92. The molecule has 0 radical (unpaired) electrons. The molecule has 23 heavy (non-hydrogen) atoms. The fraction of sp³-hybridized carbons (Fsp3) is 0.278. The first-order chi connectivity index (χ1) is 11.2. The summed E-state index contributed by atoms with van der Waals surface area (Å²) in [5.74, 6) is -0.264. The SMILES string of the molecule is O=C(NC1CC1)c1cncc(C(=O)N2CCc3ccccc32)c1. The summed E-state index contributed by atoms with van der Waals surface area (Å²) in [5.41, 5.74) is 3.02. The molecule has 2 amide bonds. The Hall–Kier alpha value is -2.69. The minimum Gasteiger partial charge on any atom is -0.349 e. The topological polar surface area (TPSA) is 62.3 Å². The maximum Gasteiger partial charge on any atom is 0.259 e. The van der Waals surface area contributed by atoms with Gasteiger partial charge in [-0.1, -0.05) is 18.2 Å². The Kier molecular flexibility index (Phi) is 3.33. The second-order valence-corrected chi connectivity index (χ2v) is 6.05. The number of hydrogen-bond acceptors (Lipinski definition) is 3. The summed E-state index contributed by atoms with van der Waals surface area (Å²) in [6, 6.07) is 9.83. The largest absolute Gasteiger partial charge is 0.349 e. The Morgan fingerprint density at radius 1 is 1.13 bits per heavy atom. The Balaban J connectivity index is 1.58. The first-order valence-electron chi connectivity index (χ1n) is 7.88. The molecule has 0 bridgehead atoms. The van der Waals surface area contributed by atoms with E-state index in [1.54, 1.807) is 11.0 Å². The molecule has 116 valence electrons. The van der Waals surface area contributed by atoms with Crippen molar-refractivity contribution in [2.24, 2.45) is 0 Å². The van der Waals surface area contributed by atoms with Crippen LogP contribution in [0, 0.1) is 0 Å². The number of hydrogen-bond donors (Lipinski definition) is 1. The van der Waals surface area contributed by atoms with Crippen LogP contribution in [0.2, 0.25) is 0 Å². The van der Waals surface area contributed by atoms with Crippen LogP contribution >= 0.6 is 0 Å². The van der Waals surface area contributed by atoms with E-state index in [0.717, 1.165) is 24.9 Å². The molecule has 0 spiro atoms. The van der Waals surface area contributed by atoms with Gasteiger partial charge in [-0.05, 0) is 37.0 Å². The van der Waals surface area contributed by atoms with Gasteiger partial charge in [-0.15, -0.1) is 0 Å². The number of aromatic nitrogens is 1. The number of para-hydroxylation sites is 1. The number of carbonyl (C=O) groups excluding carboxylic acids is 2. The van der Waals surface area contributed by atoms with E-state index in [1.165, 1.54) is 18.0 Å². The van der Waals surface area contributed by atoms with Crippen molar-refractivity contribution in [2.45, 2.75) is 25.3 Å². The van der Waals surface area contributed by atoms with E-state index in [1.807, 2.05) is 24.3 Å². The zero-order valence-electron chi connectivity index (χ0n) is 12.7. The zero-order chi connectivity index (χ0) is 15.8. The van der Waals surface area contributed by atoms with Crippen LogP contribution in [0.25, 0.3) is 0 Å². The average Bonchev–Trinajstić information content (AvgIpc) is 3.30. The second-order valence-electron chi connectivity index (χ2n) is 6.05. The van der Waals surface area contributed by atoms with Crippen LogP contribution in [-0.2, 0) is 6.42 Å². The highest BCUT2D eigenvalue weighted by Gasteiger charge is 2.27. The van der Waals surface area contributed by atoms with Crippen molar-refractivity contribution in [2.75, 3.05) is 11.4 Å². The van der Waals surface area contributed by atoms with Crippen LogP contribution < -0.4 is 10.2 Å². The molecule has 2 aromatic rings. The predicted molar refractivity (Wildman–Crippen MR) is 86.5 cm³/mol. The third-order valence-corrected chi connectivity index (χ3v) is 4.29. The number of amides is 2. The number of fused-ring (bicyclic) bond motifs is 1. The zero-order valence-corrected chi connectivity index (χ0v) is 12.7. The standard InChI is InChI=1S/C18H17N3O2/c22-17(20-15-5-6-15)13-9-14(11-19-10-13)18(23)21-8-7-12-3-1-2-4-16(12)21/h1-4,9-11,15H,5-8H2,(H,20,22). The van der Waals surface area contributed by atoms with E-state index in [-0.39, 0.29) is 17.9 Å². The van der Waals surface area contributed by atoms with E-state index < -0.39 is 0 Å². The lowest BCUT2D eigenvalue weighted by Gasteiger charge is -2.17. The molecule has 4 rings (SSSR count). The van der Waals surface area contributed by atoms with Gasteiger partial charge in [-0.3, -0.25) is 14.6 Å². The normalized spacial score (nSPS) is 16.1. The molecule has 1 fully saturated rings. The number of carbonyl (C=O) groups is 2. The van der Waals surface area contributed by atoms with E-state index >= 15 is 0 Å². The third-order valence-electron chi connectivity index (χ3n) is 4.29. The molecule has 2 heterocycles. The number of anilines is 1. The number of nitrogens with one attached hydrogen (secondary N) is 1. The molecule has 1 aliphatic carbocycles. The average molecular weight is 307 g/mol. The minimum absolute atomic E-state index is 0.108. The molecule has 2 aliphatic rings. The summed E-state index contributed by atoms with van der Waals surface area (Å²) in [4.78, 5) is 30.7. The first kappa shape index (κ1) is 13.9. The van der Waals surface area contributed by atoms with E-state index in [4.69, 9.17) is 0 Å². The molecule has 5 nitrogen and oxygen atoms in total. The molecule has 1 aromatic carbocycles. The van der Waals surface area contributed by atoms with Crippen molar-refractivity contribution in [3.8, 4) is 0 Å². The van der Waals surface area contributed by atoms with Gasteiger partial charge in [0.1, 0.15) is 0 Å². The second kappa shape index (κ2) is 5.50. The summed E-state index contributed by atoms with van der Waals surface area (Å²) in [6.07, 6.45) is 5.95. The van der Waals surface area contributed by atoms with Gasteiger partial charge in [0.25, 0.3) is 11.8 Å². The van der Waals surface area contributed by atoms with Crippen molar-refractivity contribution < 1.29 is 9.59 Å². The van der Waals surface area contributed by atoms with Crippen molar-refractivity contribution in [3.05, 3.63) is 59.4 Å². The van der Waals surface area contributed by atoms with E-state index in [9.17, 15) is 9.59 Å². The predicted octanol–water partition coefficient (Wildman–Crippen LogP) is 2.18. The van der Waals surface area contributed by atoms with Gasteiger partial charge in [0.2, 0.25) is 0 Å². The maximum atomic E-state index is 12.8. The van der Waals surface area contributed by atoms with Crippen molar-refractivity contribution in [1.29, 1.82) is 0 Å². The molecule has 0 atom stereocenters. The Morgan fingerprint density at radius 3 is 2.74 bits per heavy atom. The highest BCUT2D eigenvalue weighted by Crippen LogP contribution is 2.28.